The Morgan fingerprint density at radius 2 is 1.77 bits per heavy atom. The number of rotatable bonds is 9. The van der Waals surface area contributed by atoms with E-state index >= 15 is 0 Å². The number of imidazole rings is 1. The molecule has 1 saturated heterocycles. The fourth-order valence-electron chi connectivity index (χ4n) is 5.11. The van der Waals surface area contributed by atoms with Gasteiger partial charge in [0.15, 0.2) is 5.60 Å². The number of ether oxygens (including phenoxy) is 3. The van der Waals surface area contributed by atoms with Crippen LogP contribution < -0.4 is 24.0 Å². The van der Waals surface area contributed by atoms with Crippen LogP contribution in [0.3, 0.4) is 0 Å². The van der Waals surface area contributed by atoms with E-state index < -0.39 is 16.9 Å². The first-order valence-corrected chi connectivity index (χ1v) is 12.9. The molecule has 0 amide bonds. The number of aromatic nitrogens is 2. The first-order chi connectivity index (χ1) is 19.0. The summed E-state index contributed by atoms with van der Waals surface area (Å²) >= 11 is 0. The zero-order valence-corrected chi connectivity index (χ0v) is 22.1. The summed E-state index contributed by atoms with van der Waals surface area (Å²) in [6.07, 6.45) is -1.37. The van der Waals surface area contributed by atoms with E-state index in [0.29, 0.717) is 18.2 Å². The smallest absolute Gasteiger partial charge is 0.489 e. The summed E-state index contributed by atoms with van der Waals surface area (Å²) in [7, 11) is 2.05. The first kappa shape index (κ1) is 27.4. The summed E-state index contributed by atoms with van der Waals surface area (Å²) in [6.45, 7) is 5.09. The van der Waals surface area contributed by atoms with Gasteiger partial charge in [0.25, 0.3) is 0 Å². The van der Waals surface area contributed by atoms with E-state index in [0.717, 1.165) is 43.9 Å². The van der Waals surface area contributed by atoms with Crippen molar-refractivity contribution in [2.24, 2.45) is 5.92 Å². The summed E-state index contributed by atoms with van der Waals surface area (Å²) in [5, 5.41) is 10.9. The largest absolute Gasteiger partial charge is 0.573 e. The van der Waals surface area contributed by atoms with Crippen molar-refractivity contribution < 1.29 is 32.3 Å². The highest BCUT2D eigenvalue weighted by Gasteiger charge is 2.41. The highest BCUT2D eigenvalue weighted by atomic mass is 19.4. The Bertz CT molecular complexity index is 1300. The number of hydrogen-bond acceptors (Lipinski definition) is 8. The average molecular weight is 562 g/mol. The number of alkyl halides is 3. The summed E-state index contributed by atoms with van der Waals surface area (Å²) in [6, 6.07) is 14.1. The molecule has 0 spiro atoms. The van der Waals surface area contributed by atoms with Gasteiger partial charge in [-0.3, -0.25) is 4.57 Å². The number of nitro groups is 1. The molecule has 0 aliphatic carbocycles. The quantitative estimate of drug-likeness (QED) is 0.258. The second kappa shape index (κ2) is 10.8. The molecule has 0 bridgehead atoms. The molecule has 1 aromatic heterocycles. The van der Waals surface area contributed by atoms with E-state index in [2.05, 4.69) is 26.6 Å². The molecule has 10 nitrogen and oxygen atoms in total. The van der Waals surface area contributed by atoms with E-state index in [1.807, 2.05) is 31.2 Å². The Labute approximate surface area is 229 Å². The number of fused-ring (bicyclic) bond motifs is 1. The third-order valence-electron chi connectivity index (χ3n) is 7.16. The molecular weight excluding hydrogens is 531 g/mol. The van der Waals surface area contributed by atoms with Crippen molar-refractivity contribution >= 4 is 17.2 Å². The lowest BCUT2D eigenvalue weighted by Gasteiger charge is -2.35. The topological polar surface area (TPSA) is 95.1 Å². The van der Waals surface area contributed by atoms with Gasteiger partial charge in [-0.1, -0.05) is 0 Å². The minimum Gasteiger partial charge on any atom is -0.489 e. The fourth-order valence-corrected chi connectivity index (χ4v) is 5.11. The summed E-state index contributed by atoms with van der Waals surface area (Å²) in [5.74, 6) is 0.729. The van der Waals surface area contributed by atoms with Gasteiger partial charge in [-0.15, -0.1) is 13.2 Å². The normalized spacial score (nSPS) is 19.2. The Morgan fingerprint density at radius 3 is 2.38 bits per heavy atom. The lowest BCUT2D eigenvalue weighted by molar-refractivity contribution is -0.389. The maximum Gasteiger partial charge on any atom is 0.573 e. The molecule has 0 unspecified atom stereocenters. The molecule has 0 radical (unpaired) electrons. The molecule has 3 aromatic rings. The molecule has 2 aromatic carbocycles. The van der Waals surface area contributed by atoms with Gasteiger partial charge in [-0.25, -0.2) is 0 Å². The van der Waals surface area contributed by atoms with Crippen LogP contribution >= 0.6 is 0 Å². The van der Waals surface area contributed by atoms with Gasteiger partial charge < -0.3 is 34.1 Å². The molecule has 0 N–H and O–H groups in total. The molecule has 214 valence electrons. The van der Waals surface area contributed by atoms with E-state index in [1.165, 1.54) is 18.3 Å². The average Bonchev–Trinajstić information content (AvgIpc) is 3.43. The zero-order chi connectivity index (χ0) is 28.5. The van der Waals surface area contributed by atoms with Crippen LogP contribution in [0, 0.1) is 16.0 Å². The van der Waals surface area contributed by atoms with Crippen LogP contribution in [0.1, 0.15) is 19.8 Å². The minimum atomic E-state index is -4.69. The van der Waals surface area contributed by atoms with Crippen molar-refractivity contribution in [3.63, 3.8) is 0 Å². The van der Waals surface area contributed by atoms with Crippen LogP contribution in [-0.4, -0.2) is 59.7 Å². The molecule has 40 heavy (non-hydrogen) atoms. The third kappa shape index (κ3) is 6.52. The van der Waals surface area contributed by atoms with Crippen LogP contribution in [-0.2, 0) is 6.54 Å². The van der Waals surface area contributed by atoms with Crippen molar-refractivity contribution in [3.05, 3.63) is 64.8 Å². The van der Waals surface area contributed by atoms with Crippen molar-refractivity contribution in [3.8, 4) is 17.5 Å². The van der Waals surface area contributed by atoms with E-state index in [-0.39, 0.29) is 24.2 Å². The summed E-state index contributed by atoms with van der Waals surface area (Å²) in [5.41, 5.74) is 1.27. The molecule has 1 atom stereocenters. The Morgan fingerprint density at radius 1 is 1.12 bits per heavy atom. The highest BCUT2D eigenvalue weighted by molar-refractivity contribution is 5.50. The second-order valence-electron chi connectivity index (χ2n) is 10.5. The molecule has 1 fully saturated rings. The van der Waals surface area contributed by atoms with Gasteiger partial charge in [0.2, 0.25) is 0 Å². The third-order valence-corrected chi connectivity index (χ3v) is 7.16. The number of benzene rings is 2. The van der Waals surface area contributed by atoms with E-state index in [1.54, 1.807) is 16.7 Å². The standard InChI is InChI=1S/C27H30F3N5O5/c1-26(17-34-16-24(35(36)37)31-25(34)40-26)18-38-22-7-3-20(4-8-22)32(2)15-19-11-13-33(14-12-19)21-5-9-23(10-6-21)39-27(28,29)30/h3-10,16,19H,11-15,17-18H2,1-2H3/t26-/m1/s1. The predicted molar refractivity (Wildman–Crippen MR) is 141 cm³/mol. The zero-order valence-electron chi connectivity index (χ0n) is 22.1. The van der Waals surface area contributed by atoms with Gasteiger partial charge in [0, 0.05) is 43.0 Å². The molecule has 3 heterocycles. The fraction of sp³-hybridized carbons (Fsp3) is 0.444. The lowest BCUT2D eigenvalue weighted by Crippen LogP contribution is -2.38. The number of halogens is 3. The van der Waals surface area contributed by atoms with Crippen molar-refractivity contribution in [2.75, 3.05) is 43.1 Å². The molecule has 2 aliphatic rings. The highest BCUT2D eigenvalue weighted by Crippen LogP contribution is 2.32. The first-order valence-electron chi connectivity index (χ1n) is 12.9. The van der Waals surface area contributed by atoms with Crippen LogP contribution in [0.4, 0.5) is 30.4 Å². The minimum absolute atomic E-state index is 0.216. The molecule has 13 heteroatoms. The van der Waals surface area contributed by atoms with Gasteiger partial charge in [0.05, 0.1) is 6.54 Å². The maximum absolute atomic E-state index is 12.4. The Hall–Kier alpha value is -4.16. The molecule has 2 aliphatic heterocycles. The monoisotopic (exact) mass is 561 g/mol. The summed E-state index contributed by atoms with van der Waals surface area (Å²) < 4.78 is 54.5. The van der Waals surface area contributed by atoms with Gasteiger partial charge >= 0.3 is 18.2 Å². The lowest BCUT2D eigenvalue weighted by atomic mass is 9.95. The Kier molecular flexibility index (Phi) is 7.39. The summed E-state index contributed by atoms with van der Waals surface area (Å²) in [4.78, 5) is 18.6. The van der Waals surface area contributed by atoms with Gasteiger partial charge in [-0.05, 0) is 79.1 Å². The second-order valence-corrected chi connectivity index (χ2v) is 10.5. The molecule has 5 rings (SSSR count). The van der Waals surface area contributed by atoms with Crippen molar-refractivity contribution in [1.82, 2.24) is 9.55 Å². The van der Waals surface area contributed by atoms with Gasteiger partial charge in [-0.2, -0.15) is 0 Å². The van der Waals surface area contributed by atoms with Crippen LogP contribution in [0.15, 0.2) is 54.7 Å². The number of nitrogens with zero attached hydrogens (tertiary/aromatic N) is 5. The SMILES string of the molecule is CN(CC1CCN(c2ccc(OC(F)(F)F)cc2)CC1)c1ccc(OC[C@@]2(C)Cn3cc([N+](=O)[O-])nc3O2)cc1. The van der Waals surface area contributed by atoms with Crippen LogP contribution in [0.25, 0.3) is 0 Å². The van der Waals surface area contributed by atoms with Crippen LogP contribution in [0.2, 0.25) is 0 Å². The predicted octanol–water partition coefficient (Wildman–Crippen LogP) is 5.27. The van der Waals surface area contributed by atoms with E-state index in [4.69, 9.17) is 9.47 Å². The molecule has 0 saturated carbocycles. The maximum atomic E-state index is 12.4. The van der Waals surface area contributed by atoms with Crippen molar-refractivity contribution in [1.29, 1.82) is 0 Å². The number of piperidine rings is 1. The Balaban J connectivity index is 1.06. The molecular formula is C27H30F3N5O5. The van der Waals surface area contributed by atoms with Gasteiger partial charge in [0.1, 0.15) is 24.3 Å². The number of anilines is 2. The van der Waals surface area contributed by atoms with E-state index in [9.17, 15) is 23.3 Å². The van der Waals surface area contributed by atoms with Crippen molar-refractivity contribution in [2.45, 2.75) is 38.3 Å². The number of hydrogen-bond donors (Lipinski definition) is 0. The van der Waals surface area contributed by atoms with Crippen LogP contribution in [0.5, 0.6) is 17.5 Å².